The summed E-state index contributed by atoms with van der Waals surface area (Å²) in [7, 11) is 0. The van der Waals surface area contributed by atoms with Crippen LogP contribution in [-0.4, -0.2) is 44.3 Å². The molecule has 0 aromatic heterocycles. The Morgan fingerprint density at radius 2 is 1.24 bits per heavy atom. The van der Waals surface area contributed by atoms with Crippen LogP contribution in [0.5, 0.6) is 0 Å². The lowest BCUT2D eigenvalue weighted by Crippen LogP contribution is -2.17. The Kier molecular flexibility index (Phi) is 9.38. The molecule has 7 heteroatoms. The molecule has 0 spiro atoms. The van der Waals surface area contributed by atoms with Gasteiger partial charge in [0.2, 0.25) is 0 Å². The Hall–Kier alpha value is -3.19. The molecule has 0 aliphatic heterocycles. The van der Waals surface area contributed by atoms with Crippen molar-refractivity contribution in [2.75, 3.05) is 26.4 Å². The van der Waals surface area contributed by atoms with E-state index in [1.54, 1.807) is 19.1 Å². The zero-order valence-electron chi connectivity index (χ0n) is 16.3. The molecule has 0 saturated carbocycles. The fourth-order valence-corrected chi connectivity index (χ4v) is 2.33. The van der Waals surface area contributed by atoms with E-state index in [0.717, 1.165) is 5.56 Å². The molecule has 0 N–H and O–H groups in total. The van der Waals surface area contributed by atoms with Crippen molar-refractivity contribution in [1.29, 1.82) is 0 Å². The highest BCUT2D eigenvalue weighted by Gasteiger charge is 2.19. The van der Waals surface area contributed by atoms with Crippen LogP contribution in [0.4, 0.5) is 0 Å². The van der Waals surface area contributed by atoms with E-state index in [0.29, 0.717) is 6.42 Å². The molecule has 154 valence electrons. The number of rotatable bonds is 11. The molecular weight excluding hydrogens is 376 g/mol. The lowest BCUT2D eigenvalue weighted by molar-refractivity contribution is -0.144. The van der Waals surface area contributed by atoms with E-state index < -0.39 is 11.9 Å². The average Bonchev–Trinajstić information content (AvgIpc) is 2.77. The third-order valence-electron chi connectivity index (χ3n) is 3.82. The molecule has 29 heavy (non-hydrogen) atoms. The van der Waals surface area contributed by atoms with Crippen LogP contribution in [0.25, 0.3) is 0 Å². The third-order valence-corrected chi connectivity index (χ3v) is 3.82. The molecule has 2 aromatic rings. The van der Waals surface area contributed by atoms with E-state index >= 15 is 0 Å². The minimum atomic E-state index is -0.640. The van der Waals surface area contributed by atoms with Crippen LogP contribution >= 0.6 is 0 Å². The van der Waals surface area contributed by atoms with Gasteiger partial charge in [-0.2, -0.15) is 0 Å². The molecule has 0 saturated heterocycles. The van der Waals surface area contributed by atoms with Gasteiger partial charge in [-0.05, 0) is 17.7 Å². The van der Waals surface area contributed by atoms with Gasteiger partial charge in [-0.25, -0.2) is 9.59 Å². The summed E-state index contributed by atoms with van der Waals surface area (Å²) in [6.45, 7) is 2.34. The summed E-state index contributed by atoms with van der Waals surface area (Å²) in [4.78, 5) is 35.7. The van der Waals surface area contributed by atoms with Gasteiger partial charge in [-0.15, -0.1) is 0 Å². The van der Waals surface area contributed by atoms with Crippen LogP contribution in [0, 0.1) is 0 Å². The molecule has 0 aliphatic rings. The van der Waals surface area contributed by atoms with Gasteiger partial charge in [0.1, 0.15) is 19.8 Å². The molecule has 7 nitrogen and oxygen atoms in total. The summed E-state index contributed by atoms with van der Waals surface area (Å²) in [5.74, 6) is -1.54. The second-order valence-corrected chi connectivity index (χ2v) is 5.93. The molecule has 0 fully saturated rings. The quantitative estimate of drug-likeness (QED) is 0.325. The minimum Gasteiger partial charge on any atom is -0.463 e. The standard InChI is InChI=1S/C22H24O7/c1-2-20(23)27-14-12-26-13-15-28-21(24)18-10-6-7-11-19(18)22(25)29-16-17-8-4-3-5-9-17/h3-11H,2,12-16H2,1H3. The Balaban J connectivity index is 1.78. The molecule has 0 amide bonds. The smallest absolute Gasteiger partial charge is 0.339 e. The highest BCUT2D eigenvalue weighted by molar-refractivity contribution is 6.03. The van der Waals surface area contributed by atoms with E-state index in [-0.39, 0.29) is 50.1 Å². The molecule has 0 atom stereocenters. The summed E-state index contributed by atoms with van der Waals surface area (Å²) in [5, 5.41) is 0. The van der Waals surface area contributed by atoms with Crippen LogP contribution in [0.1, 0.15) is 39.6 Å². The second-order valence-electron chi connectivity index (χ2n) is 5.93. The Bertz CT molecular complexity index is 802. The van der Waals surface area contributed by atoms with Gasteiger partial charge in [0.15, 0.2) is 0 Å². The first kappa shape index (κ1) is 22.1. The normalized spacial score (nSPS) is 10.2. The first-order chi connectivity index (χ1) is 14.1. The van der Waals surface area contributed by atoms with Crippen molar-refractivity contribution in [3.05, 3.63) is 71.3 Å². The van der Waals surface area contributed by atoms with Gasteiger partial charge in [-0.3, -0.25) is 4.79 Å². The molecular formula is C22H24O7. The van der Waals surface area contributed by atoms with Crippen molar-refractivity contribution in [2.45, 2.75) is 20.0 Å². The highest BCUT2D eigenvalue weighted by atomic mass is 16.6. The number of hydrogen-bond donors (Lipinski definition) is 0. The second kappa shape index (κ2) is 12.3. The fourth-order valence-electron chi connectivity index (χ4n) is 2.33. The number of carbonyl (C=O) groups is 3. The monoisotopic (exact) mass is 400 g/mol. The molecule has 2 rings (SSSR count). The van der Waals surface area contributed by atoms with Gasteiger partial charge >= 0.3 is 17.9 Å². The topological polar surface area (TPSA) is 88.1 Å². The van der Waals surface area contributed by atoms with Crippen LogP contribution in [0.3, 0.4) is 0 Å². The van der Waals surface area contributed by atoms with Crippen molar-refractivity contribution in [2.24, 2.45) is 0 Å². The lowest BCUT2D eigenvalue weighted by atomic mass is 10.1. The number of ether oxygens (including phenoxy) is 4. The molecule has 0 aliphatic carbocycles. The van der Waals surface area contributed by atoms with Gasteiger partial charge in [-0.1, -0.05) is 49.4 Å². The molecule has 0 heterocycles. The van der Waals surface area contributed by atoms with Crippen molar-refractivity contribution in [3.63, 3.8) is 0 Å². The highest BCUT2D eigenvalue weighted by Crippen LogP contribution is 2.13. The van der Waals surface area contributed by atoms with Crippen LogP contribution in [-0.2, 0) is 30.3 Å². The minimum absolute atomic E-state index is 0.00789. The van der Waals surface area contributed by atoms with Crippen molar-refractivity contribution >= 4 is 17.9 Å². The van der Waals surface area contributed by atoms with Gasteiger partial charge in [0, 0.05) is 6.42 Å². The molecule has 0 bridgehead atoms. The van der Waals surface area contributed by atoms with E-state index in [2.05, 4.69) is 0 Å². The van der Waals surface area contributed by atoms with Crippen LogP contribution < -0.4 is 0 Å². The van der Waals surface area contributed by atoms with Crippen molar-refractivity contribution in [1.82, 2.24) is 0 Å². The maximum absolute atomic E-state index is 12.4. The number of benzene rings is 2. The predicted octanol–water partition coefficient (Wildman–Crippen LogP) is 3.17. The third kappa shape index (κ3) is 7.75. The van der Waals surface area contributed by atoms with Gasteiger partial charge in [0.25, 0.3) is 0 Å². The first-order valence-corrected chi connectivity index (χ1v) is 9.32. The lowest BCUT2D eigenvalue weighted by Gasteiger charge is -2.10. The largest absolute Gasteiger partial charge is 0.463 e. The number of hydrogen-bond acceptors (Lipinski definition) is 7. The number of carbonyl (C=O) groups excluding carboxylic acids is 3. The van der Waals surface area contributed by atoms with Crippen LogP contribution in [0.2, 0.25) is 0 Å². The predicted molar refractivity (Wildman–Crippen MR) is 104 cm³/mol. The maximum Gasteiger partial charge on any atom is 0.339 e. The summed E-state index contributed by atoms with van der Waals surface area (Å²) >= 11 is 0. The van der Waals surface area contributed by atoms with Gasteiger partial charge < -0.3 is 18.9 Å². The summed E-state index contributed by atoms with van der Waals surface area (Å²) in [6.07, 6.45) is 0.310. The Morgan fingerprint density at radius 3 is 1.86 bits per heavy atom. The summed E-state index contributed by atoms with van der Waals surface area (Å²) in [5.41, 5.74) is 1.12. The number of esters is 3. The van der Waals surface area contributed by atoms with Gasteiger partial charge in [0.05, 0.1) is 24.3 Å². The molecule has 0 radical (unpaired) electrons. The van der Waals surface area contributed by atoms with E-state index in [4.69, 9.17) is 18.9 Å². The average molecular weight is 400 g/mol. The van der Waals surface area contributed by atoms with E-state index in [1.165, 1.54) is 12.1 Å². The molecule has 2 aromatic carbocycles. The van der Waals surface area contributed by atoms with Crippen molar-refractivity contribution < 1.29 is 33.3 Å². The summed E-state index contributed by atoms with van der Waals surface area (Å²) < 4.78 is 20.5. The van der Waals surface area contributed by atoms with E-state index in [1.807, 2.05) is 30.3 Å². The summed E-state index contributed by atoms with van der Waals surface area (Å²) in [6, 6.07) is 15.6. The Labute approximate surface area is 169 Å². The SMILES string of the molecule is CCC(=O)OCCOCCOC(=O)c1ccccc1C(=O)OCc1ccccc1. The van der Waals surface area contributed by atoms with E-state index in [9.17, 15) is 14.4 Å². The first-order valence-electron chi connectivity index (χ1n) is 9.32. The maximum atomic E-state index is 12.4. The van der Waals surface area contributed by atoms with Crippen LogP contribution in [0.15, 0.2) is 54.6 Å². The molecule has 0 unspecified atom stereocenters. The fraction of sp³-hybridized carbons (Fsp3) is 0.318. The Morgan fingerprint density at radius 1 is 0.690 bits per heavy atom. The zero-order valence-corrected chi connectivity index (χ0v) is 16.3. The van der Waals surface area contributed by atoms with Crippen molar-refractivity contribution in [3.8, 4) is 0 Å². The zero-order chi connectivity index (χ0) is 20.9.